The minimum Gasteiger partial charge on any atom is -0.378 e. The van der Waals surface area contributed by atoms with Crippen molar-refractivity contribution in [3.8, 4) is 11.3 Å². The third-order valence-corrected chi connectivity index (χ3v) is 4.51. The van der Waals surface area contributed by atoms with Crippen molar-refractivity contribution >= 4 is 28.3 Å². The lowest BCUT2D eigenvalue weighted by Crippen LogP contribution is -2.06. The SMILES string of the molecule is Cn1nc(C(F)(F)I)cc1-c1ccc(NCc2c(F)cccc2F)c(F)c1. The number of hydrogen-bond acceptors (Lipinski definition) is 2. The molecule has 1 N–H and O–H groups in total. The first-order chi connectivity index (χ1) is 12.7. The molecule has 0 unspecified atom stereocenters. The Bertz CT molecular complexity index is 961. The minimum atomic E-state index is -3.14. The van der Waals surface area contributed by atoms with Gasteiger partial charge in [-0.15, -0.1) is 0 Å². The topological polar surface area (TPSA) is 29.9 Å². The van der Waals surface area contributed by atoms with Crippen molar-refractivity contribution in [1.82, 2.24) is 9.78 Å². The Balaban J connectivity index is 1.83. The molecule has 0 aliphatic rings. The van der Waals surface area contributed by atoms with E-state index in [0.717, 1.165) is 40.8 Å². The summed E-state index contributed by atoms with van der Waals surface area (Å²) < 4.78 is 66.5. The van der Waals surface area contributed by atoms with Crippen molar-refractivity contribution in [1.29, 1.82) is 0 Å². The molecule has 3 aromatic rings. The van der Waals surface area contributed by atoms with Gasteiger partial charge in [0, 0.05) is 47.3 Å². The lowest BCUT2D eigenvalue weighted by molar-refractivity contribution is 0.121. The monoisotopic (exact) mass is 493 g/mol. The molecule has 0 bridgehead atoms. The van der Waals surface area contributed by atoms with Crippen LogP contribution in [0.25, 0.3) is 11.3 Å². The van der Waals surface area contributed by atoms with Crippen LogP contribution in [-0.4, -0.2) is 9.78 Å². The maximum Gasteiger partial charge on any atom is 0.339 e. The van der Waals surface area contributed by atoms with Crippen molar-refractivity contribution in [2.75, 3.05) is 5.32 Å². The number of halogens is 6. The second-order valence-electron chi connectivity index (χ2n) is 5.78. The molecule has 0 spiro atoms. The van der Waals surface area contributed by atoms with E-state index in [9.17, 15) is 22.0 Å². The molecule has 0 saturated carbocycles. The number of alkyl halides is 3. The predicted octanol–water partition coefficient (Wildman–Crippen LogP) is 5.60. The Kier molecular flexibility index (Phi) is 5.41. The van der Waals surface area contributed by atoms with Gasteiger partial charge >= 0.3 is 3.93 Å². The van der Waals surface area contributed by atoms with Gasteiger partial charge in [0.05, 0.1) is 11.4 Å². The average Bonchev–Trinajstić information content (AvgIpc) is 2.98. The van der Waals surface area contributed by atoms with Gasteiger partial charge < -0.3 is 5.32 Å². The standard InChI is InChI=1S/C18H13F5IN3/c1-27-16(8-17(26-27)18(22,23)24)10-5-6-15(14(21)7-10)25-9-11-12(19)3-2-4-13(11)20/h2-8,25H,9H2,1H3. The third kappa shape index (κ3) is 4.23. The molecule has 3 rings (SSSR count). The van der Waals surface area contributed by atoms with Crippen LogP contribution in [0.2, 0.25) is 0 Å². The first kappa shape index (κ1) is 19.6. The molecule has 0 aliphatic carbocycles. The Morgan fingerprint density at radius 3 is 2.26 bits per heavy atom. The van der Waals surface area contributed by atoms with Crippen LogP contribution >= 0.6 is 22.6 Å². The fraction of sp³-hybridized carbons (Fsp3) is 0.167. The van der Waals surface area contributed by atoms with Crippen molar-refractivity contribution in [3.05, 3.63) is 71.2 Å². The van der Waals surface area contributed by atoms with Gasteiger partial charge in [-0.1, -0.05) is 12.1 Å². The summed E-state index contributed by atoms with van der Waals surface area (Å²) >= 11 is 0.971. The summed E-state index contributed by atoms with van der Waals surface area (Å²) in [6.45, 7) is -0.244. The summed E-state index contributed by atoms with van der Waals surface area (Å²) in [5.41, 5.74) is 0.0479. The second kappa shape index (κ2) is 7.45. The molecular weight excluding hydrogens is 480 g/mol. The highest BCUT2D eigenvalue weighted by Crippen LogP contribution is 2.36. The highest BCUT2D eigenvalue weighted by molar-refractivity contribution is 14.1. The van der Waals surface area contributed by atoms with Gasteiger partial charge in [0.15, 0.2) is 0 Å². The molecule has 1 heterocycles. The van der Waals surface area contributed by atoms with Crippen LogP contribution in [0.1, 0.15) is 11.3 Å². The number of anilines is 1. The number of aryl methyl sites for hydroxylation is 1. The van der Waals surface area contributed by atoms with Crippen LogP contribution < -0.4 is 5.32 Å². The van der Waals surface area contributed by atoms with Crippen molar-refractivity contribution < 1.29 is 22.0 Å². The molecule has 142 valence electrons. The van der Waals surface area contributed by atoms with E-state index in [1.54, 1.807) is 0 Å². The van der Waals surface area contributed by atoms with Crippen LogP contribution in [0.5, 0.6) is 0 Å². The molecule has 3 nitrogen and oxygen atoms in total. The molecule has 9 heteroatoms. The third-order valence-electron chi connectivity index (χ3n) is 3.95. The molecule has 2 aromatic carbocycles. The number of aromatic nitrogens is 2. The van der Waals surface area contributed by atoms with Gasteiger partial charge in [0.25, 0.3) is 0 Å². The zero-order valence-corrected chi connectivity index (χ0v) is 16.1. The van der Waals surface area contributed by atoms with E-state index in [0.29, 0.717) is 11.3 Å². The Hall–Kier alpha value is -2.17. The van der Waals surface area contributed by atoms with Crippen LogP contribution in [0.3, 0.4) is 0 Å². The summed E-state index contributed by atoms with van der Waals surface area (Å²) in [6.07, 6.45) is 0. The number of nitrogens with one attached hydrogen (secondary N) is 1. The molecule has 0 fully saturated rings. The van der Waals surface area contributed by atoms with Crippen LogP contribution in [0.4, 0.5) is 27.6 Å². The fourth-order valence-electron chi connectivity index (χ4n) is 2.58. The van der Waals surface area contributed by atoms with E-state index in [-0.39, 0.29) is 17.8 Å². The number of hydrogen-bond donors (Lipinski definition) is 1. The summed E-state index contributed by atoms with van der Waals surface area (Å²) in [6, 6.07) is 8.68. The lowest BCUT2D eigenvalue weighted by Gasteiger charge is -2.11. The van der Waals surface area contributed by atoms with E-state index in [1.807, 2.05) is 0 Å². The first-order valence-electron chi connectivity index (χ1n) is 7.74. The summed E-state index contributed by atoms with van der Waals surface area (Å²) in [7, 11) is 1.48. The second-order valence-corrected chi connectivity index (χ2v) is 7.14. The Morgan fingerprint density at radius 1 is 1.04 bits per heavy atom. The maximum absolute atomic E-state index is 14.4. The highest BCUT2D eigenvalue weighted by atomic mass is 127. The fourth-order valence-corrected chi connectivity index (χ4v) is 2.84. The predicted molar refractivity (Wildman–Crippen MR) is 100 cm³/mol. The van der Waals surface area contributed by atoms with E-state index in [4.69, 9.17) is 0 Å². The van der Waals surface area contributed by atoms with Gasteiger partial charge in [-0.25, -0.2) is 13.2 Å². The maximum atomic E-state index is 14.4. The van der Waals surface area contributed by atoms with Gasteiger partial charge in [-0.05, 0) is 30.3 Å². The van der Waals surface area contributed by atoms with Gasteiger partial charge in [0.1, 0.15) is 23.1 Å². The Morgan fingerprint density at radius 2 is 1.70 bits per heavy atom. The van der Waals surface area contributed by atoms with Crippen molar-refractivity contribution in [2.24, 2.45) is 7.05 Å². The van der Waals surface area contributed by atoms with Crippen molar-refractivity contribution in [3.63, 3.8) is 0 Å². The normalized spacial score (nSPS) is 11.7. The molecule has 27 heavy (non-hydrogen) atoms. The van der Waals surface area contributed by atoms with Crippen LogP contribution in [0.15, 0.2) is 42.5 Å². The smallest absolute Gasteiger partial charge is 0.339 e. The largest absolute Gasteiger partial charge is 0.378 e. The molecule has 0 saturated heterocycles. The Labute approximate surface area is 165 Å². The number of nitrogens with zero attached hydrogens (tertiary/aromatic N) is 2. The van der Waals surface area contributed by atoms with Crippen LogP contribution in [-0.2, 0) is 17.5 Å². The average molecular weight is 493 g/mol. The van der Waals surface area contributed by atoms with E-state index in [2.05, 4.69) is 10.4 Å². The molecular formula is C18H13F5IN3. The van der Waals surface area contributed by atoms with Crippen LogP contribution in [0, 0.1) is 17.5 Å². The molecule has 0 aliphatic heterocycles. The van der Waals surface area contributed by atoms with Gasteiger partial charge in [-0.2, -0.15) is 13.9 Å². The lowest BCUT2D eigenvalue weighted by atomic mass is 10.1. The number of benzene rings is 2. The zero-order valence-electron chi connectivity index (χ0n) is 13.9. The molecule has 1 aromatic heterocycles. The van der Waals surface area contributed by atoms with E-state index >= 15 is 0 Å². The van der Waals surface area contributed by atoms with Gasteiger partial charge in [-0.3, -0.25) is 4.68 Å². The highest BCUT2D eigenvalue weighted by Gasteiger charge is 2.31. The molecule has 0 atom stereocenters. The summed E-state index contributed by atoms with van der Waals surface area (Å²) in [4.78, 5) is 0. The quantitative estimate of drug-likeness (QED) is 0.285. The van der Waals surface area contributed by atoms with E-state index < -0.39 is 27.1 Å². The van der Waals surface area contributed by atoms with Gasteiger partial charge in [0.2, 0.25) is 0 Å². The summed E-state index contributed by atoms with van der Waals surface area (Å²) in [5.74, 6) is -2.16. The summed E-state index contributed by atoms with van der Waals surface area (Å²) in [5, 5.41) is 6.38. The zero-order chi connectivity index (χ0) is 19.8. The number of rotatable bonds is 5. The molecule has 0 amide bonds. The van der Waals surface area contributed by atoms with Crippen molar-refractivity contribution in [2.45, 2.75) is 10.5 Å². The molecule has 0 radical (unpaired) electrons. The van der Waals surface area contributed by atoms with E-state index in [1.165, 1.54) is 36.0 Å². The first-order valence-corrected chi connectivity index (χ1v) is 8.82. The minimum absolute atomic E-state index is 0.0306.